The minimum Gasteiger partial charge on any atom is -0.493 e. The standard InChI is InChI=1S/C26H24Cl3N3O3/c1-16-13-19(27)9-11-24(16)35-12-4-7-25(33)32-31-17(2)18-5-3-6-21(14-18)30-26(34)22-10-8-20(28)15-23(22)29/h3,5-6,8-11,13-15H,4,7,12H2,1-2H3,(H,30,34)(H,32,33)/b31-17-. The highest BCUT2D eigenvalue weighted by atomic mass is 35.5. The first-order valence-electron chi connectivity index (χ1n) is 10.8. The molecule has 0 saturated heterocycles. The van der Waals surface area contributed by atoms with Crippen LogP contribution in [0.15, 0.2) is 65.8 Å². The first-order chi connectivity index (χ1) is 16.7. The highest BCUT2D eigenvalue weighted by Gasteiger charge is 2.12. The Morgan fingerprint density at radius 2 is 1.71 bits per heavy atom. The van der Waals surface area contributed by atoms with Gasteiger partial charge in [-0.3, -0.25) is 9.59 Å². The van der Waals surface area contributed by atoms with E-state index in [2.05, 4.69) is 15.8 Å². The predicted molar refractivity (Wildman–Crippen MR) is 142 cm³/mol. The van der Waals surface area contributed by atoms with Crippen LogP contribution in [-0.2, 0) is 4.79 Å². The van der Waals surface area contributed by atoms with Crippen LogP contribution in [0, 0.1) is 6.92 Å². The second-order valence-electron chi connectivity index (χ2n) is 7.75. The van der Waals surface area contributed by atoms with Crippen LogP contribution in [0.1, 0.15) is 41.3 Å². The number of nitrogens with zero attached hydrogens (tertiary/aromatic N) is 1. The van der Waals surface area contributed by atoms with Crippen molar-refractivity contribution in [3.05, 3.63) is 92.4 Å². The molecule has 2 amide bonds. The molecule has 0 saturated carbocycles. The number of hydrogen-bond donors (Lipinski definition) is 2. The Balaban J connectivity index is 1.50. The Morgan fingerprint density at radius 3 is 2.46 bits per heavy atom. The Morgan fingerprint density at radius 1 is 0.971 bits per heavy atom. The number of carbonyl (C=O) groups excluding carboxylic acids is 2. The quantitative estimate of drug-likeness (QED) is 0.179. The number of rotatable bonds is 9. The summed E-state index contributed by atoms with van der Waals surface area (Å²) in [6.45, 7) is 4.08. The van der Waals surface area contributed by atoms with Crippen molar-refractivity contribution in [1.82, 2.24) is 5.43 Å². The molecule has 0 fully saturated rings. The molecule has 3 rings (SSSR count). The van der Waals surface area contributed by atoms with Crippen molar-refractivity contribution in [2.75, 3.05) is 11.9 Å². The van der Waals surface area contributed by atoms with Gasteiger partial charge in [-0.1, -0.05) is 46.9 Å². The number of aryl methyl sites for hydroxylation is 1. The lowest BCUT2D eigenvalue weighted by atomic mass is 10.1. The molecule has 0 atom stereocenters. The van der Waals surface area contributed by atoms with Crippen molar-refractivity contribution < 1.29 is 14.3 Å². The van der Waals surface area contributed by atoms with Gasteiger partial charge in [-0.15, -0.1) is 0 Å². The average Bonchev–Trinajstić information content (AvgIpc) is 2.81. The van der Waals surface area contributed by atoms with Crippen molar-refractivity contribution in [1.29, 1.82) is 0 Å². The van der Waals surface area contributed by atoms with Crippen LogP contribution in [0.25, 0.3) is 0 Å². The molecule has 3 aromatic carbocycles. The first-order valence-corrected chi connectivity index (χ1v) is 12.0. The van der Waals surface area contributed by atoms with Crippen molar-refractivity contribution in [3.8, 4) is 5.75 Å². The van der Waals surface area contributed by atoms with Gasteiger partial charge in [0.25, 0.3) is 5.91 Å². The first kappa shape index (κ1) is 26.5. The van der Waals surface area contributed by atoms with Crippen LogP contribution in [-0.4, -0.2) is 24.1 Å². The highest BCUT2D eigenvalue weighted by molar-refractivity contribution is 6.37. The van der Waals surface area contributed by atoms with Gasteiger partial charge in [0.2, 0.25) is 5.91 Å². The molecule has 0 aliphatic carbocycles. The largest absolute Gasteiger partial charge is 0.493 e. The van der Waals surface area contributed by atoms with E-state index in [1.54, 1.807) is 43.3 Å². The summed E-state index contributed by atoms with van der Waals surface area (Å²) in [4.78, 5) is 24.7. The molecule has 0 aliphatic heterocycles. The fourth-order valence-electron chi connectivity index (χ4n) is 3.15. The minimum atomic E-state index is -0.359. The zero-order valence-corrected chi connectivity index (χ0v) is 21.5. The summed E-state index contributed by atoms with van der Waals surface area (Å²) in [5, 5.41) is 8.34. The van der Waals surface area contributed by atoms with Crippen LogP contribution in [0.2, 0.25) is 15.1 Å². The van der Waals surface area contributed by atoms with Crippen LogP contribution >= 0.6 is 34.8 Å². The van der Waals surface area contributed by atoms with Crippen molar-refractivity contribution in [2.45, 2.75) is 26.7 Å². The molecule has 6 nitrogen and oxygen atoms in total. The number of nitrogens with one attached hydrogen (secondary N) is 2. The number of benzene rings is 3. The van der Waals surface area contributed by atoms with E-state index in [1.807, 2.05) is 25.1 Å². The van der Waals surface area contributed by atoms with Gasteiger partial charge < -0.3 is 10.1 Å². The summed E-state index contributed by atoms with van der Waals surface area (Å²) < 4.78 is 5.70. The van der Waals surface area contributed by atoms with Gasteiger partial charge in [0.05, 0.1) is 22.9 Å². The topological polar surface area (TPSA) is 79.8 Å². The van der Waals surface area contributed by atoms with E-state index in [-0.39, 0.29) is 23.3 Å². The second kappa shape index (κ2) is 12.6. The number of hydrogen-bond acceptors (Lipinski definition) is 4. The maximum Gasteiger partial charge on any atom is 0.257 e. The van der Waals surface area contributed by atoms with Gasteiger partial charge in [0.1, 0.15) is 5.75 Å². The lowest BCUT2D eigenvalue weighted by Crippen LogP contribution is -2.19. The molecule has 35 heavy (non-hydrogen) atoms. The monoisotopic (exact) mass is 531 g/mol. The van der Waals surface area contributed by atoms with E-state index >= 15 is 0 Å². The van der Waals surface area contributed by atoms with Gasteiger partial charge in [-0.25, -0.2) is 5.43 Å². The van der Waals surface area contributed by atoms with Gasteiger partial charge >= 0.3 is 0 Å². The predicted octanol–water partition coefficient (Wildman–Crippen LogP) is 6.91. The van der Waals surface area contributed by atoms with E-state index in [9.17, 15) is 9.59 Å². The average molecular weight is 533 g/mol. The third-order valence-corrected chi connectivity index (χ3v) is 5.79. The highest BCUT2D eigenvalue weighted by Crippen LogP contribution is 2.23. The fraction of sp³-hybridized carbons (Fsp3) is 0.192. The number of ether oxygens (including phenoxy) is 1. The molecule has 9 heteroatoms. The second-order valence-corrected chi connectivity index (χ2v) is 9.03. The molecule has 0 unspecified atom stereocenters. The summed E-state index contributed by atoms with van der Waals surface area (Å²) in [6.07, 6.45) is 0.804. The Bertz CT molecular complexity index is 1260. The molecule has 3 aromatic rings. The van der Waals surface area contributed by atoms with E-state index < -0.39 is 0 Å². The van der Waals surface area contributed by atoms with Gasteiger partial charge in [0.15, 0.2) is 0 Å². The summed E-state index contributed by atoms with van der Waals surface area (Å²) >= 11 is 17.9. The lowest BCUT2D eigenvalue weighted by molar-refractivity contribution is -0.121. The Hall–Kier alpha value is -3.06. The molecule has 2 N–H and O–H groups in total. The summed E-state index contributed by atoms with van der Waals surface area (Å²) in [5.74, 6) is 0.166. The maximum absolute atomic E-state index is 12.5. The number of hydrazone groups is 1. The molecule has 0 aromatic heterocycles. The van der Waals surface area contributed by atoms with E-state index in [1.165, 1.54) is 6.07 Å². The fourth-order valence-corrected chi connectivity index (χ4v) is 3.87. The number of carbonyl (C=O) groups is 2. The van der Waals surface area contributed by atoms with E-state index in [0.717, 1.165) is 16.9 Å². The van der Waals surface area contributed by atoms with Crippen LogP contribution < -0.4 is 15.5 Å². The Kier molecular flexibility index (Phi) is 9.55. The molecular weight excluding hydrogens is 509 g/mol. The molecule has 0 aliphatic rings. The molecule has 0 bridgehead atoms. The summed E-state index contributed by atoms with van der Waals surface area (Å²) in [6, 6.07) is 17.2. The summed E-state index contributed by atoms with van der Waals surface area (Å²) in [7, 11) is 0. The van der Waals surface area contributed by atoms with Crippen LogP contribution in [0.5, 0.6) is 5.75 Å². The van der Waals surface area contributed by atoms with E-state index in [0.29, 0.717) is 40.0 Å². The van der Waals surface area contributed by atoms with Gasteiger partial charge in [0, 0.05) is 22.2 Å². The number of halogens is 3. The van der Waals surface area contributed by atoms with Crippen molar-refractivity contribution in [2.24, 2.45) is 5.10 Å². The minimum absolute atomic E-state index is 0.220. The van der Waals surface area contributed by atoms with Gasteiger partial charge in [-0.05, 0) is 79.9 Å². The molecular formula is C26H24Cl3N3O3. The van der Waals surface area contributed by atoms with Crippen molar-refractivity contribution in [3.63, 3.8) is 0 Å². The summed E-state index contributed by atoms with van der Waals surface area (Å²) in [5.41, 5.74) is 5.71. The lowest BCUT2D eigenvalue weighted by Gasteiger charge is -2.10. The molecule has 0 radical (unpaired) electrons. The maximum atomic E-state index is 12.5. The Labute approximate surface area is 219 Å². The van der Waals surface area contributed by atoms with Crippen LogP contribution in [0.3, 0.4) is 0 Å². The molecule has 182 valence electrons. The number of amides is 2. The SMILES string of the molecule is C/C(=N/NC(=O)CCCOc1ccc(Cl)cc1C)c1cccc(NC(=O)c2ccc(Cl)cc2Cl)c1. The normalized spacial score (nSPS) is 11.2. The van der Waals surface area contributed by atoms with E-state index in [4.69, 9.17) is 39.5 Å². The third kappa shape index (κ3) is 7.99. The van der Waals surface area contributed by atoms with Crippen LogP contribution in [0.4, 0.5) is 5.69 Å². The molecule has 0 heterocycles. The third-order valence-electron chi connectivity index (χ3n) is 5.00. The smallest absolute Gasteiger partial charge is 0.257 e. The molecule has 0 spiro atoms. The zero-order chi connectivity index (χ0) is 25.4. The van der Waals surface area contributed by atoms with Crippen molar-refractivity contribution >= 4 is 58.0 Å². The van der Waals surface area contributed by atoms with Gasteiger partial charge in [-0.2, -0.15) is 5.10 Å². The number of anilines is 1. The zero-order valence-electron chi connectivity index (χ0n) is 19.2.